The maximum Gasteiger partial charge on any atom is 0.264 e. The van der Waals surface area contributed by atoms with Crippen LogP contribution in [0.25, 0.3) is 10.6 Å². The first-order chi connectivity index (χ1) is 11.5. The summed E-state index contributed by atoms with van der Waals surface area (Å²) in [6.45, 7) is 3.83. The van der Waals surface area contributed by atoms with Gasteiger partial charge in [-0.2, -0.15) is 0 Å². The maximum atomic E-state index is 12.0. The summed E-state index contributed by atoms with van der Waals surface area (Å²) in [5, 5.41) is 6.81. The maximum absolute atomic E-state index is 12.0. The molecule has 5 nitrogen and oxygen atoms in total. The van der Waals surface area contributed by atoms with Gasteiger partial charge in [-0.1, -0.05) is 11.6 Å². The van der Waals surface area contributed by atoms with Crippen LogP contribution in [0.1, 0.15) is 10.7 Å². The first-order valence-electron chi connectivity index (χ1n) is 7.09. The van der Waals surface area contributed by atoms with E-state index in [-0.39, 0.29) is 12.5 Å². The lowest BCUT2D eigenvalue weighted by molar-refractivity contribution is -0.118. The molecule has 8 heteroatoms. The second-order valence-electron chi connectivity index (χ2n) is 4.98. The predicted octanol–water partition coefficient (Wildman–Crippen LogP) is 4.55. The van der Waals surface area contributed by atoms with Crippen LogP contribution in [-0.2, 0) is 4.79 Å². The average Bonchev–Trinajstić information content (AvgIpc) is 3.12. The number of amides is 1. The molecule has 0 saturated carbocycles. The van der Waals surface area contributed by atoms with Crippen LogP contribution < -0.4 is 10.1 Å². The van der Waals surface area contributed by atoms with Crippen molar-refractivity contribution in [2.45, 2.75) is 13.8 Å². The first kappa shape index (κ1) is 16.9. The molecule has 0 atom stereocenters. The van der Waals surface area contributed by atoms with E-state index in [9.17, 15) is 4.79 Å². The van der Waals surface area contributed by atoms with Gasteiger partial charge in [0.1, 0.15) is 5.75 Å². The predicted molar refractivity (Wildman–Crippen MR) is 98.3 cm³/mol. The Morgan fingerprint density at radius 2 is 2.00 bits per heavy atom. The monoisotopic (exact) mass is 379 g/mol. The van der Waals surface area contributed by atoms with Crippen molar-refractivity contribution in [3.8, 4) is 16.3 Å². The van der Waals surface area contributed by atoms with E-state index in [2.05, 4.69) is 15.3 Å². The largest absolute Gasteiger partial charge is 0.484 e. The number of halogens is 1. The van der Waals surface area contributed by atoms with Crippen molar-refractivity contribution in [1.82, 2.24) is 9.97 Å². The van der Waals surface area contributed by atoms with E-state index in [1.54, 1.807) is 35.6 Å². The van der Waals surface area contributed by atoms with E-state index >= 15 is 0 Å². The summed E-state index contributed by atoms with van der Waals surface area (Å²) < 4.78 is 5.41. The molecule has 0 bridgehead atoms. The Balaban J connectivity index is 1.59. The summed E-state index contributed by atoms with van der Waals surface area (Å²) in [6, 6.07) is 6.85. The van der Waals surface area contributed by atoms with Crippen LogP contribution in [0, 0.1) is 13.8 Å². The number of carbonyl (C=O) groups is 1. The zero-order chi connectivity index (χ0) is 17.1. The average molecular weight is 380 g/mol. The third-order valence-electron chi connectivity index (χ3n) is 3.07. The van der Waals surface area contributed by atoms with Crippen molar-refractivity contribution in [2.75, 3.05) is 11.9 Å². The minimum atomic E-state index is -0.261. The van der Waals surface area contributed by atoms with Gasteiger partial charge in [0.05, 0.1) is 21.3 Å². The van der Waals surface area contributed by atoms with E-state index in [0.29, 0.717) is 15.9 Å². The second kappa shape index (κ2) is 7.29. The Morgan fingerprint density at radius 1 is 1.25 bits per heavy atom. The van der Waals surface area contributed by atoms with Crippen LogP contribution in [0.3, 0.4) is 0 Å². The molecule has 1 amide bonds. The first-order valence-corrected chi connectivity index (χ1v) is 9.17. The molecule has 124 valence electrons. The second-order valence-corrected chi connectivity index (χ2v) is 7.47. The summed E-state index contributed by atoms with van der Waals surface area (Å²) in [5.74, 6) is 0.327. The SMILES string of the molecule is Cc1nc(C)c(-c2csc(NC(=O)COc3ccc(Cl)cc3)n2)s1. The molecule has 0 spiro atoms. The molecule has 0 fully saturated rings. The number of hydrogen-bond donors (Lipinski definition) is 1. The lowest BCUT2D eigenvalue weighted by atomic mass is 10.3. The Kier molecular flexibility index (Phi) is 5.13. The standard InChI is InChI=1S/C16H14ClN3O2S2/c1-9-15(24-10(2)18-9)13-8-23-16(19-13)20-14(21)7-22-12-5-3-11(17)4-6-12/h3-6,8H,7H2,1-2H3,(H,19,20,21). The molecule has 0 saturated heterocycles. The molecular formula is C16H14ClN3O2S2. The number of carbonyl (C=O) groups excluding carboxylic acids is 1. The number of nitrogens with zero attached hydrogens (tertiary/aromatic N) is 2. The van der Waals surface area contributed by atoms with Gasteiger partial charge >= 0.3 is 0 Å². The molecule has 0 aliphatic rings. The minimum absolute atomic E-state index is 0.0881. The molecule has 24 heavy (non-hydrogen) atoms. The number of nitrogens with one attached hydrogen (secondary N) is 1. The fourth-order valence-electron chi connectivity index (χ4n) is 2.04. The van der Waals surface area contributed by atoms with Crippen molar-refractivity contribution in [3.05, 3.63) is 45.4 Å². The van der Waals surface area contributed by atoms with Crippen molar-refractivity contribution in [3.63, 3.8) is 0 Å². The summed E-state index contributed by atoms with van der Waals surface area (Å²) >= 11 is 8.77. The Morgan fingerprint density at radius 3 is 2.67 bits per heavy atom. The number of aromatic nitrogens is 2. The number of aryl methyl sites for hydroxylation is 2. The van der Waals surface area contributed by atoms with E-state index in [1.165, 1.54) is 11.3 Å². The Hall–Kier alpha value is -1.96. The van der Waals surface area contributed by atoms with Gasteiger partial charge in [0.2, 0.25) is 0 Å². The van der Waals surface area contributed by atoms with Crippen molar-refractivity contribution in [2.24, 2.45) is 0 Å². The number of thiazole rings is 2. The summed E-state index contributed by atoms with van der Waals surface area (Å²) in [5.41, 5.74) is 1.78. The summed E-state index contributed by atoms with van der Waals surface area (Å²) in [4.78, 5) is 21.8. The van der Waals surface area contributed by atoms with Crippen LogP contribution in [-0.4, -0.2) is 22.5 Å². The van der Waals surface area contributed by atoms with Gasteiger partial charge in [-0.3, -0.25) is 10.1 Å². The molecule has 1 N–H and O–H groups in total. The third kappa shape index (κ3) is 4.11. The molecular weight excluding hydrogens is 366 g/mol. The molecule has 0 radical (unpaired) electrons. The lowest BCUT2D eigenvalue weighted by Gasteiger charge is -2.05. The van der Waals surface area contributed by atoms with Gasteiger partial charge in [0, 0.05) is 10.4 Å². The minimum Gasteiger partial charge on any atom is -0.484 e. The molecule has 1 aromatic carbocycles. The summed E-state index contributed by atoms with van der Waals surface area (Å²) in [6.07, 6.45) is 0. The van der Waals surface area contributed by atoms with Gasteiger partial charge in [0.15, 0.2) is 11.7 Å². The zero-order valence-electron chi connectivity index (χ0n) is 13.0. The Bertz CT molecular complexity index is 859. The van der Waals surface area contributed by atoms with Crippen LogP contribution >= 0.6 is 34.3 Å². The highest BCUT2D eigenvalue weighted by atomic mass is 35.5. The van der Waals surface area contributed by atoms with E-state index in [0.717, 1.165) is 21.3 Å². The quantitative estimate of drug-likeness (QED) is 0.706. The number of hydrogen-bond acceptors (Lipinski definition) is 6. The van der Waals surface area contributed by atoms with E-state index in [4.69, 9.17) is 16.3 Å². The van der Waals surface area contributed by atoms with Crippen molar-refractivity contribution < 1.29 is 9.53 Å². The van der Waals surface area contributed by atoms with Gasteiger partial charge in [-0.05, 0) is 38.1 Å². The molecule has 2 aromatic heterocycles. The number of benzene rings is 1. The van der Waals surface area contributed by atoms with E-state index < -0.39 is 0 Å². The number of anilines is 1. The van der Waals surface area contributed by atoms with Gasteiger partial charge in [0.25, 0.3) is 5.91 Å². The third-order valence-corrected chi connectivity index (χ3v) is 5.18. The zero-order valence-corrected chi connectivity index (χ0v) is 15.4. The van der Waals surface area contributed by atoms with Gasteiger partial charge in [-0.25, -0.2) is 9.97 Å². The molecule has 0 aliphatic heterocycles. The highest BCUT2D eigenvalue weighted by Gasteiger charge is 2.13. The molecule has 3 aromatic rings. The van der Waals surface area contributed by atoms with Crippen LogP contribution in [0.2, 0.25) is 5.02 Å². The number of ether oxygens (including phenoxy) is 1. The normalized spacial score (nSPS) is 10.6. The van der Waals surface area contributed by atoms with Gasteiger partial charge < -0.3 is 4.74 Å². The lowest BCUT2D eigenvalue weighted by Crippen LogP contribution is -2.20. The molecule has 2 heterocycles. The van der Waals surface area contributed by atoms with E-state index in [1.807, 2.05) is 19.2 Å². The highest BCUT2D eigenvalue weighted by molar-refractivity contribution is 7.16. The van der Waals surface area contributed by atoms with Crippen molar-refractivity contribution in [1.29, 1.82) is 0 Å². The summed E-state index contributed by atoms with van der Waals surface area (Å²) in [7, 11) is 0. The highest BCUT2D eigenvalue weighted by Crippen LogP contribution is 2.31. The molecule has 3 rings (SSSR count). The van der Waals surface area contributed by atoms with Crippen LogP contribution in [0.15, 0.2) is 29.6 Å². The smallest absolute Gasteiger partial charge is 0.264 e. The molecule has 0 unspecified atom stereocenters. The van der Waals surface area contributed by atoms with Crippen LogP contribution in [0.5, 0.6) is 5.75 Å². The van der Waals surface area contributed by atoms with Crippen LogP contribution in [0.4, 0.5) is 5.13 Å². The van der Waals surface area contributed by atoms with Gasteiger partial charge in [-0.15, -0.1) is 22.7 Å². The molecule has 0 aliphatic carbocycles. The van der Waals surface area contributed by atoms with Crippen molar-refractivity contribution >= 4 is 45.3 Å². The Labute approximate surface area is 152 Å². The number of rotatable bonds is 5. The fourth-order valence-corrected chi connectivity index (χ4v) is 3.84. The fraction of sp³-hybridized carbons (Fsp3) is 0.188. The topological polar surface area (TPSA) is 64.1 Å².